The van der Waals surface area contributed by atoms with Crippen molar-refractivity contribution in [2.45, 2.75) is 6.92 Å². The van der Waals surface area contributed by atoms with Crippen LogP contribution in [-0.4, -0.2) is 17.9 Å². The molecule has 0 spiro atoms. The molecule has 2 aromatic rings. The number of aromatic hydroxyl groups is 1. The number of hydrogen-bond acceptors (Lipinski definition) is 2. The van der Waals surface area contributed by atoms with Gasteiger partial charge in [-0.25, -0.2) is 0 Å². The van der Waals surface area contributed by atoms with Crippen LogP contribution in [0.2, 0.25) is 0 Å². The molecule has 2 nitrogen and oxygen atoms in total. The van der Waals surface area contributed by atoms with E-state index in [9.17, 15) is 5.11 Å². The minimum Gasteiger partial charge on any atom is -0.507 e. The summed E-state index contributed by atoms with van der Waals surface area (Å²) in [5.41, 5.74) is 1.65. The largest absolute Gasteiger partial charge is 0.507 e. The second-order valence-electron chi connectivity index (χ2n) is 3.49. The standard InChI is InChI=1S/C13H13NO/c1-9(14-2)11-8-7-10-5-3-4-6-12(10)13(11)15/h3-8,15H,1-2H3/b14-9-. The molecule has 0 saturated carbocycles. The van der Waals surface area contributed by atoms with E-state index in [2.05, 4.69) is 4.99 Å². The van der Waals surface area contributed by atoms with Gasteiger partial charge in [0.05, 0.1) is 0 Å². The maximum Gasteiger partial charge on any atom is 0.132 e. The first kappa shape index (κ1) is 9.71. The molecule has 1 N–H and O–H groups in total. The van der Waals surface area contributed by atoms with Crippen LogP contribution in [0.4, 0.5) is 0 Å². The lowest BCUT2D eigenvalue weighted by Gasteiger charge is -2.06. The van der Waals surface area contributed by atoms with E-state index < -0.39 is 0 Å². The van der Waals surface area contributed by atoms with Crippen molar-refractivity contribution in [3.05, 3.63) is 42.0 Å². The van der Waals surface area contributed by atoms with Crippen LogP contribution in [0.3, 0.4) is 0 Å². The number of phenolic OH excluding ortho intramolecular Hbond substituents is 1. The molecule has 15 heavy (non-hydrogen) atoms. The normalized spacial score (nSPS) is 12.0. The van der Waals surface area contributed by atoms with Crippen molar-refractivity contribution >= 4 is 16.5 Å². The van der Waals surface area contributed by atoms with E-state index in [4.69, 9.17) is 0 Å². The fourth-order valence-corrected chi connectivity index (χ4v) is 1.67. The Hall–Kier alpha value is -1.83. The molecule has 2 aromatic carbocycles. The van der Waals surface area contributed by atoms with Crippen molar-refractivity contribution in [2.24, 2.45) is 4.99 Å². The van der Waals surface area contributed by atoms with Crippen LogP contribution >= 0.6 is 0 Å². The summed E-state index contributed by atoms with van der Waals surface area (Å²) in [4.78, 5) is 4.08. The number of hydrogen-bond donors (Lipinski definition) is 1. The summed E-state index contributed by atoms with van der Waals surface area (Å²) in [6, 6.07) is 11.7. The van der Waals surface area contributed by atoms with Gasteiger partial charge in [0.2, 0.25) is 0 Å². The Balaban J connectivity index is 2.76. The van der Waals surface area contributed by atoms with Crippen molar-refractivity contribution in [3.8, 4) is 5.75 Å². The average Bonchev–Trinajstić information content (AvgIpc) is 2.29. The highest BCUT2D eigenvalue weighted by Crippen LogP contribution is 2.28. The van der Waals surface area contributed by atoms with Gasteiger partial charge >= 0.3 is 0 Å². The second-order valence-corrected chi connectivity index (χ2v) is 3.49. The fourth-order valence-electron chi connectivity index (χ4n) is 1.67. The number of phenols is 1. The second kappa shape index (κ2) is 3.73. The van der Waals surface area contributed by atoms with Gasteiger partial charge in [0, 0.05) is 23.7 Å². The molecule has 0 aromatic heterocycles. The summed E-state index contributed by atoms with van der Waals surface area (Å²) in [7, 11) is 1.73. The van der Waals surface area contributed by atoms with E-state index in [1.807, 2.05) is 43.3 Å². The molecule has 0 fully saturated rings. The predicted molar refractivity (Wildman–Crippen MR) is 63.7 cm³/mol. The molecule has 2 heteroatoms. The highest BCUT2D eigenvalue weighted by Gasteiger charge is 2.07. The summed E-state index contributed by atoms with van der Waals surface area (Å²) >= 11 is 0. The van der Waals surface area contributed by atoms with Crippen molar-refractivity contribution < 1.29 is 5.11 Å². The quantitative estimate of drug-likeness (QED) is 0.703. The van der Waals surface area contributed by atoms with Crippen LogP contribution in [0.1, 0.15) is 12.5 Å². The lowest BCUT2D eigenvalue weighted by atomic mass is 10.0. The smallest absolute Gasteiger partial charge is 0.132 e. The van der Waals surface area contributed by atoms with E-state index in [-0.39, 0.29) is 0 Å². The lowest BCUT2D eigenvalue weighted by Crippen LogP contribution is -1.94. The van der Waals surface area contributed by atoms with Crippen molar-refractivity contribution in [1.82, 2.24) is 0 Å². The number of rotatable bonds is 1. The zero-order valence-corrected chi connectivity index (χ0v) is 8.86. The molecule has 0 radical (unpaired) electrons. The third kappa shape index (κ3) is 1.59. The van der Waals surface area contributed by atoms with Gasteiger partial charge in [-0.3, -0.25) is 4.99 Å². The first-order chi connectivity index (χ1) is 7.24. The molecule has 0 bridgehead atoms. The molecule has 76 valence electrons. The highest BCUT2D eigenvalue weighted by molar-refractivity contribution is 6.06. The van der Waals surface area contributed by atoms with Crippen LogP contribution < -0.4 is 0 Å². The first-order valence-electron chi connectivity index (χ1n) is 4.88. The number of benzene rings is 2. The van der Waals surface area contributed by atoms with Gasteiger partial charge < -0.3 is 5.11 Å². The van der Waals surface area contributed by atoms with Crippen LogP contribution in [0.5, 0.6) is 5.75 Å². The molecule has 2 rings (SSSR count). The number of fused-ring (bicyclic) bond motifs is 1. The molecular weight excluding hydrogens is 186 g/mol. The summed E-state index contributed by atoms with van der Waals surface area (Å²) in [5.74, 6) is 0.316. The molecule has 0 unspecified atom stereocenters. The van der Waals surface area contributed by atoms with Gasteiger partial charge in [-0.1, -0.05) is 30.3 Å². The van der Waals surface area contributed by atoms with Crippen LogP contribution in [0, 0.1) is 0 Å². The van der Waals surface area contributed by atoms with Gasteiger partial charge in [0.1, 0.15) is 5.75 Å². The zero-order valence-electron chi connectivity index (χ0n) is 8.86. The van der Waals surface area contributed by atoms with Gasteiger partial charge in [0.25, 0.3) is 0 Å². The minimum absolute atomic E-state index is 0.316. The number of aliphatic imine (C=N–C) groups is 1. The lowest BCUT2D eigenvalue weighted by molar-refractivity contribution is 0.480. The topological polar surface area (TPSA) is 32.6 Å². The van der Waals surface area contributed by atoms with Gasteiger partial charge in [-0.2, -0.15) is 0 Å². The predicted octanol–water partition coefficient (Wildman–Crippen LogP) is 2.98. The Bertz CT molecular complexity index is 529. The van der Waals surface area contributed by atoms with E-state index in [1.165, 1.54) is 0 Å². The fraction of sp³-hybridized carbons (Fsp3) is 0.154. The molecule has 0 saturated heterocycles. The van der Waals surface area contributed by atoms with E-state index in [0.29, 0.717) is 5.75 Å². The minimum atomic E-state index is 0.316. The molecule has 0 atom stereocenters. The first-order valence-corrected chi connectivity index (χ1v) is 4.88. The monoisotopic (exact) mass is 199 g/mol. The Morgan fingerprint density at radius 1 is 1.13 bits per heavy atom. The maximum atomic E-state index is 10.1. The molecule has 0 aliphatic heterocycles. The van der Waals surface area contributed by atoms with Crippen LogP contribution in [0.25, 0.3) is 10.8 Å². The molecule has 0 aliphatic rings. The zero-order chi connectivity index (χ0) is 10.8. The summed E-state index contributed by atoms with van der Waals surface area (Å²) in [6.07, 6.45) is 0. The Kier molecular flexibility index (Phi) is 2.42. The molecule has 0 heterocycles. The third-order valence-electron chi connectivity index (χ3n) is 2.63. The average molecular weight is 199 g/mol. The van der Waals surface area contributed by atoms with E-state index in [0.717, 1.165) is 22.0 Å². The summed E-state index contributed by atoms with van der Waals surface area (Å²) in [6.45, 7) is 1.89. The summed E-state index contributed by atoms with van der Waals surface area (Å²) in [5, 5.41) is 12.0. The van der Waals surface area contributed by atoms with E-state index >= 15 is 0 Å². The Morgan fingerprint density at radius 2 is 1.87 bits per heavy atom. The van der Waals surface area contributed by atoms with Gasteiger partial charge in [-0.15, -0.1) is 0 Å². The van der Waals surface area contributed by atoms with E-state index in [1.54, 1.807) is 7.05 Å². The molecule has 0 aliphatic carbocycles. The SMILES string of the molecule is C/N=C(/C)c1ccc2ccccc2c1O. The van der Waals surface area contributed by atoms with Gasteiger partial charge in [0.15, 0.2) is 0 Å². The van der Waals surface area contributed by atoms with Crippen molar-refractivity contribution in [1.29, 1.82) is 0 Å². The third-order valence-corrected chi connectivity index (χ3v) is 2.63. The molecule has 0 amide bonds. The Labute approximate surface area is 88.9 Å². The Morgan fingerprint density at radius 3 is 2.60 bits per heavy atom. The van der Waals surface area contributed by atoms with Crippen molar-refractivity contribution in [2.75, 3.05) is 7.05 Å². The van der Waals surface area contributed by atoms with Gasteiger partial charge in [-0.05, 0) is 18.4 Å². The van der Waals surface area contributed by atoms with Crippen molar-refractivity contribution in [3.63, 3.8) is 0 Å². The maximum absolute atomic E-state index is 10.1. The number of nitrogens with zero attached hydrogens (tertiary/aromatic N) is 1. The van der Waals surface area contributed by atoms with Crippen LogP contribution in [0.15, 0.2) is 41.4 Å². The van der Waals surface area contributed by atoms with Crippen LogP contribution in [-0.2, 0) is 0 Å². The summed E-state index contributed by atoms with van der Waals surface area (Å²) < 4.78 is 0. The highest BCUT2D eigenvalue weighted by atomic mass is 16.3. The molecular formula is C13H13NO.